The summed E-state index contributed by atoms with van der Waals surface area (Å²) >= 11 is 0. The van der Waals surface area contributed by atoms with Crippen LogP contribution in [0.4, 0.5) is 0 Å². The molecule has 2 atom stereocenters. The SMILES string of the molecule is COC(=O)C1C(=O)c2c(cccc2OCCO)CC1C. The van der Waals surface area contributed by atoms with E-state index in [-0.39, 0.29) is 24.9 Å². The van der Waals surface area contributed by atoms with Crippen molar-refractivity contribution in [1.29, 1.82) is 0 Å². The van der Waals surface area contributed by atoms with Gasteiger partial charge in [-0.2, -0.15) is 0 Å². The Kier molecular flexibility index (Phi) is 4.39. The first-order valence-corrected chi connectivity index (χ1v) is 6.57. The van der Waals surface area contributed by atoms with Crippen LogP contribution in [0.25, 0.3) is 0 Å². The summed E-state index contributed by atoms with van der Waals surface area (Å²) in [4.78, 5) is 24.4. The summed E-state index contributed by atoms with van der Waals surface area (Å²) in [6.45, 7) is 1.85. The molecule has 0 aromatic heterocycles. The number of esters is 1. The number of benzene rings is 1. The van der Waals surface area contributed by atoms with E-state index < -0.39 is 11.9 Å². The Morgan fingerprint density at radius 3 is 2.85 bits per heavy atom. The Bertz CT molecular complexity index is 523. The largest absolute Gasteiger partial charge is 0.490 e. The molecule has 0 radical (unpaired) electrons. The Labute approximate surface area is 117 Å². The van der Waals surface area contributed by atoms with Crippen molar-refractivity contribution in [3.8, 4) is 5.75 Å². The summed E-state index contributed by atoms with van der Waals surface area (Å²) < 4.78 is 10.1. The van der Waals surface area contributed by atoms with Crippen molar-refractivity contribution < 1.29 is 24.2 Å². The fourth-order valence-corrected chi connectivity index (χ4v) is 2.65. The molecule has 1 N–H and O–H groups in total. The van der Waals surface area contributed by atoms with Crippen LogP contribution < -0.4 is 4.74 Å². The normalized spacial score (nSPS) is 21.2. The van der Waals surface area contributed by atoms with Gasteiger partial charge in [0.25, 0.3) is 0 Å². The van der Waals surface area contributed by atoms with E-state index in [1.165, 1.54) is 7.11 Å². The molecule has 0 fully saturated rings. The van der Waals surface area contributed by atoms with Gasteiger partial charge in [-0.3, -0.25) is 9.59 Å². The fourth-order valence-electron chi connectivity index (χ4n) is 2.65. The van der Waals surface area contributed by atoms with Crippen molar-refractivity contribution in [3.05, 3.63) is 29.3 Å². The third kappa shape index (κ3) is 2.54. The molecule has 0 amide bonds. The Hall–Kier alpha value is -1.88. The summed E-state index contributed by atoms with van der Waals surface area (Å²) in [6, 6.07) is 5.35. The molecule has 0 heterocycles. The van der Waals surface area contributed by atoms with Crippen LogP contribution in [0.2, 0.25) is 0 Å². The van der Waals surface area contributed by atoms with Crippen LogP contribution >= 0.6 is 0 Å². The van der Waals surface area contributed by atoms with E-state index in [0.717, 1.165) is 5.56 Å². The van der Waals surface area contributed by atoms with Crippen LogP contribution in [0.3, 0.4) is 0 Å². The maximum atomic E-state index is 12.6. The smallest absolute Gasteiger partial charge is 0.316 e. The van der Waals surface area contributed by atoms with E-state index in [4.69, 9.17) is 14.6 Å². The predicted octanol–water partition coefficient (Wildman–Crippen LogP) is 1.22. The van der Waals surface area contributed by atoms with E-state index in [2.05, 4.69) is 0 Å². The Balaban J connectivity index is 2.41. The number of aliphatic hydroxyl groups excluding tert-OH is 1. The number of Topliss-reactive ketones (excluding diaryl/α,β-unsaturated/α-hetero) is 1. The molecule has 0 spiro atoms. The number of carbonyl (C=O) groups is 2. The number of ketones is 1. The molecule has 2 unspecified atom stereocenters. The molecule has 1 aromatic rings. The van der Waals surface area contributed by atoms with Crippen LogP contribution in [-0.2, 0) is 16.0 Å². The standard InChI is InChI=1S/C15H18O5/c1-9-8-10-4-3-5-11(20-7-6-16)13(10)14(17)12(9)15(18)19-2/h3-5,9,12,16H,6-8H2,1-2H3. The monoisotopic (exact) mass is 278 g/mol. The second kappa shape index (κ2) is 6.05. The number of hydrogen-bond acceptors (Lipinski definition) is 5. The number of ether oxygens (including phenoxy) is 2. The minimum absolute atomic E-state index is 0.101. The van der Waals surface area contributed by atoms with Gasteiger partial charge in [-0.25, -0.2) is 0 Å². The third-order valence-electron chi connectivity index (χ3n) is 3.56. The lowest BCUT2D eigenvalue weighted by atomic mass is 9.75. The first kappa shape index (κ1) is 14.5. The second-order valence-electron chi connectivity index (χ2n) is 4.91. The molecular weight excluding hydrogens is 260 g/mol. The molecule has 20 heavy (non-hydrogen) atoms. The average Bonchev–Trinajstić information content (AvgIpc) is 2.44. The van der Waals surface area contributed by atoms with E-state index in [0.29, 0.717) is 17.7 Å². The van der Waals surface area contributed by atoms with Crippen LogP contribution in [0.5, 0.6) is 5.75 Å². The molecule has 2 rings (SSSR count). The number of carbonyl (C=O) groups excluding carboxylic acids is 2. The van der Waals surface area contributed by atoms with Gasteiger partial charge in [0.15, 0.2) is 5.78 Å². The van der Waals surface area contributed by atoms with Gasteiger partial charge in [-0.1, -0.05) is 19.1 Å². The fraction of sp³-hybridized carbons (Fsp3) is 0.467. The maximum absolute atomic E-state index is 12.6. The van der Waals surface area contributed by atoms with E-state index in [1.54, 1.807) is 6.07 Å². The maximum Gasteiger partial charge on any atom is 0.316 e. The highest BCUT2D eigenvalue weighted by Gasteiger charge is 2.40. The van der Waals surface area contributed by atoms with Crippen molar-refractivity contribution in [2.45, 2.75) is 13.3 Å². The van der Waals surface area contributed by atoms with Gasteiger partial charge in [0.05, 0.1) is 19.3 Å². The van der Waals surface area contributed by atoms with Gasteiger partial charge < -0.3 is 14.6 Å². The molecule has 1 aliphatic rings. The highest BCUT2D eigenvalue weighted by Crippen LogP contribution is 2.35. The molecule has 1 aromatic carbocycles. The number of hydrogen-bond donors (Lipinski definition) is 1. The number of rotatable bonds is 4. The minimum atomic E-state index is -0.786. The Morgan fingerprint density at radius 2 is 2.20 bits per heavy atom. The number of methoxy groups -OCH3 is 1. The molecule has 0 saturated heterocycles. The van der Waals surface area contributed by atoms with Crippen molar-refractivity contribution in [2.75, 3.05) is 20.3 Å². The third-order valence-corrected chi connectivity index (χ3v) is 3.56. The van der Waals surface area contributed by atoms with E-state index >= 15 is 0 Å². The molecule has 5 heteroatoms. The molecule has 0 aliphatic heterocycles. The Morgan fingerprint density at radius 1 is 1.45 bits per heavy atom. The zero-order valence-electron chi connectivity index (χ0n) is 11.6. The summed E-state index contributed by atoms with van der Waals surface area (Å²) in [5.74, 6) is -1.24. The van der Waals surface area contributed by atoms with E-state index in [9.17, 15) is 9.59 Å². The van der Waals surface area contributed by atoms with Crippen molar-refractivity contribution in [3.63, 3.8) is 0 Å². The first-order chi connectivity index (χ1) is 9.60. The highest BCUT2D eigenvalue weighted by atomic mass is 16.5. The lowest BCUT2D eigenvalue weighted by Gasteiger charge is -2.28. The van der Waals surface area contributed by atoms with Crippen molar-refractivity contribution in [2.24, 2.45) is 11.8 Å². The molecule has 0 saturated carbocycles. The predicted molar refractivity (Wildman–Crippen MR) is 71.7 cm³/mol. The minimum Gasteiger partial charge on any atom is -0.490 e. The zero-order chi connectivity index (χ0) is 14.7. The van der Waals surface area contributed by atoms with Crippen LogP contribution in [0.1, 0.15) is 22.8 Å². The van der Waals surface area contributed by atoms with Gasteiger partial charge in [-0.05, 0) is 24.0 Å². The lowest BCUT2D eigenvalue weighted by molar-refractivity contribution is -0.145. The summed E-state index contributed by atoms with van der Waals surface area (Å²) in [5, 5.41) is 8.83. The molecular formula is C15H18O5. The quantitative estimate of drug-likeness (QED) is 0.662. The second-order valence-corrected chi connectivity index (χ2v) is 4.91. The molecule has 108 valence electrons. The van der Waals surface area contributed by atoms with Gasteiger partial charge in [0, 0.05) is 0 Å². The number of fused-ring (bicyclic) bond motifs is 1. The lowest BCUT2D eigenvalue weighted by Crippen LogP contribution is -2.37. The molecule has 0 bridgehead atoms. The first-order valence-electron chi connectivity index (χ1n) is 6.57. The van der Waals surface area contributed by atoms with Crippen LogP contribution in [0, 0.1) is 11.8 Å². The molecule has 1 aliphatic carbocycles. The number of aliphatic hydroxyl groups is 1. The van der Waals surface area contributed by atoms with E-state index in [1.807, 2.05) is 19.1 Å². The zero-order valence-corrected chi connectivity index (χ0v) is 11.6. The van der Waals surface area contributed by atoms with Gasteiger partial charge in [0.2, 0.25) is 0 Å². The summed E-state index contributed by atoms with van der Waals surface area (Å²) in [7, 11) is 1.28. The summed E-state index contributed by atoms with van der Waals surface area (Å²) in [5.41, 5.74) is 1.31. The van der Waals surface area contributed by atoms with Crippen molar-refractivity contribution >= 4 is 11.8 Å². The van der Waals surface area contributed by atoms with Crippen LogP contribution in [0.15, 0.2) is 18.2 Å². The van der Waals surface area contributed by atoms with Gasteiger partial charge >= 0.3 is 5.97 Å². The van der Waals surface area contributed by atoms with Gasteiger partial charge in [-0.15, -0.1) is 0 Å². The summed E-state index contributed by atoms with van der Waals surface area (Å²) in [6.07, 6.45) is 0.622. The highest BCUT2D eigenvalue weighted by molar-refractivity contribution is 6.12. The molecule has 5 nitrogen and oxygen atoms in total. The topological polar surface area (TPSA) is 72.8 Å². The van der Waals surface area contributed by atoms with Crippen molar-refractivity contribution in [1.82, 2.24) is 0 Å². The van der Waals surface area contributed by atoms with Gasteiger partial charge in [0.1, 0.15) is 18.3 Å². The average molecular weight is 278 g/mol. The van der Waals surface area contributed by atoms with Crippen LogP contribution in [-0.4, -0.2) is 37.2 Å².